The molecule has 2 aromatic carbocycles. The van der Waals surface area contributed by atoms with Crippen molar-refractivity contribution < 1.29 is 22.3 Å². The van der Waals surface area contributed by atoms with Crippen LogP contribution in [0, 0.1) is 11.6 Å². The summed E-state index contributed by atoms with van der Waals surface area (Å²) in [5.41, 5.74) is 6.55. The van der Waals surface area contributed by atoms with Gasteiger partial charge >= 0.3 is 6.61 Å². The molecule has 2 aromatic rings. The normalized spacial score (nSPS) is 10.8. The van der Waals surface area contributed by atoms with Gasteiger partial charge in [0.25, 0.3) is 0 Å². The molecule has 0 unspecified atom stereocenters. The van der Waals surface area contributed by atoms with Crippen molar-refractivity contribution in [2.75, 3.05) is 17.7 Å². The molecule has 7 heteroatoms. The molecule has 21 heavy (non-hydrogen) atoms. The van der Waals surface area contributed by atoms with Gasteiger partial charge in [-0.1, -0.05) is 0 Å². The van der Waals surface area contributed by atoms with Gasteiger partial charge in [0.2, 0.25) is 0 Å². The first-order valence-corrected chi connectivity index (χ1v) is 5.91. The maximum atomic E-state index is 13.5. The quantitative estimate of drug-likeness (QED) is 0.687. The molecular formula is C14H12F4N2O. The van der Waals surface area contributed by atoms with Gasteiger partial charge in [-0.15, -0.1) is 0 Å². The predicted molar refractivity (Wildman–Crippen MR) is 71.9 cm³/mol. The van der Waals surface area contributed by atoms with Gasteiger partial charge in [-0.2, -0.15) is 8.78 Å². The predicted octanol–water partition coefficient (Wildman–Crippen LogP) is 3.92. The smallest absolute Gasteiger partial charge is 0.387 e. The Balaban J connectivity index is 2.40. The Bertz CT molecular complexity index is 632. The first-order chi connectivity index (χ1) is 9.88. The summed E-state index contributed by atoms with van der Waals surface area (Å²) in [5.74, 6) is -2.01. The SMILES string of the molecule is CN(c1ccc(F)cc1)c1cc(OC(F)F)c(F)cc1N. The molecule has 0 fully saturated rings. The second-order valence-electron chi connectivity index (χ2n) is 4.26. The minimum Gasteiger partial charge on any atom is -0.432 e. The van der Waals surface area contributed by atoms with E-state index in [0.717, 1.165) is 12.1 Å². The molecule has 2 rings (SSSR count). The summed E-state index contributed by atoms with van der Waals surface area (Å²) in [6.45, 7) is -3.15. The lowest BCUT2D eigenvalue weighted by Gasteiger charge is -2.22. The molecule has 0 saturated heterocycles. The summed E-state index contributed by atoms with van der Waals surface area (Å²) >= 11 is 0. The Morgan fingerprint density at radius 3 is 2.29 bits per heavy atom. The molecule has 0 heterocycles. The van der Waals surface area contributed by atoms with Gasteiger partial charge in [-0.05, 0) is 24.3 Å². The third-order valence-corrected chi connectivity index (χ3v) is 2.87. The molecule has 3 nitrogen and oxygen atoms in total. The molecule has 0 atom stereocenters. The monoisotopic (exact) mass is 300 g/mol. The van der Waals surface area contributed by atoms with Crippen LogP contribution < -0.4 is 15.4 Å². The van der Waals surface area contributed by atoms with Crippen LogP contribution in [-0.2, 0) is 0 Å². The fourth-order valence-electron chi connectivity index (χ4n) is 1.84. The lowest BCUT2D eigenvalue weighted by Crippen LogP contribution is -2.13. The van der Waals surface area contributed by atoms with E-state index in [1.54, 1.807) is 7.05 Å². The van der Waals surface area contributed by atoms with Crippen molar-refractivity contribution in [3.05, 3.63) is 48.0 Å². The topological polar surface area (TPSA) is 38.5 Å². The third-order valence-electron chi connectivity index (χ3n) is 2.87. The van der Waals surface area contributed by atoms with Gasteiger partial charge in [0.1, 0.15) is 5.82 Å². The number of halogens is 4. The number of hydrogen-bond acceptors (Lipinski definition) is 3. The molecule has 0 radical (unpaired) electrons. The number of nitrogens with zero attached hydrogens (tertiary/aromatic N) is 1. The summed E-state index contributed by atoms with van der Waals surface area (Å²) in [7, 11) is 1.59. The van der Waals surface area contributed by atoms with Crippen LogP contribution >= 0.6 is 0 Å². The van der Waals surface area contributed by atoms with Crippen LogP contribution in [-0.4, -0.2) is 13.7 Å². The van der Waals surface area contributed by atoms with E-state index < -0.39 is 24.0 Å². The van der Waals surface area contributed by atoms with Gasteiger partial charge in [-0.25, -0.2) is 8.78 Å². The highest BCUT2D eigenvalue weighted by atomic mass is 19.3. The zero-order chi connectivity index (χ0) is 15.6. The zero-order valence-electron chi connectivity index (χ0n) is 11.0. The van der Waals surface area contributed by atoms with E-state index in [9.17, 15) is 17.6 Å². The zero-order valence-corrected chi connectivity index (χ0v) is 11.0. The van der Waals surface area contributed by atoms with Gasteiger partial charge in [0.05, 0.1) is 11.4 Å². The van der Waals surface area contributed by atoms with Crippen molar-refractivity contribution in [3.8, 4) is 5.75 Å². The standard InChI is InChI=1S/C14H12F4N2O/c1-20(9-4-2-8(15)3-5-9)12-7-13(21-14(17)18)10(16)6-11(12)19/h2-7,14H,19H2,1H3. The Morgan fingerprint density at radius 2 is 1.71 bits per heavy atom. The van der Waals surface area contributed by atoms with Crippen molar-refractivity contribution in [1.29, 1.82) is 0 Å². The van der Waals surface area contributed by atoms with E-state index in [-0.39, 0.29) is 11.4 Å². The molecule has 2 N–H and O–H groups in total. The molecule has 0 saturated carbocycles. The van der Waals surface area contributed by atoms with Crippen molar-refractivity contribution in [1.82, 2.24) is 0 Å². The molecule has 0 spiro atoms. The van der Waals surface area contributed by atoms with Gasteiger partial charge < -0.3 is 15.4 Å². The van der Waals surface area contributed by atoms with E-state index in [1.165, 1.54) is 29.2 Å². The van der Waals surface area contributed by atoms with Gasteiger partial charge in [-0.3, -0.25) is 0 Å². The fourth-order valence-corrected chi connectivity index (χ4v) is 1.84. The minimum absolute atomic E-state index is 0.0425. The van der Waals surface area contributed by atoms with Crippen LogP contribution in [0.25, 0.3) is 0 Å². The average Bonchev–Trinajstić information content (AvgIpc) is 2.41. The largest absolute Gasteiger partial charge is 0.432 e. The van der Waals surface area contributed by atoms with Crippen LogP contribution in [0.4, 0.5) is 34.6 Å². The summed E-state index contributed by atoms with van der Waals surface area (Å²) in [6.07, 6.45) is 0. The number of nitrogen functional groups attached to an aromatic ring is 1. The molecule has 0 aliphatic carbocycles. The van der Waals surface area contributed by atoms with Crippen molar-refractivity contribution in [2.45, 2.75) is 6.61 Å². The lowest BCUT2D eigenvalue weighted by atomic mass is 10.2. The summed E-state index contributed by atoms with van der Waals surface area (Å²) < 4.78 is 54.9. The number of nitrogens with two attached hydrogens (primary N) is 1. The molecule has 0 amide bonds. The average molecular weight is 300 g/mol. The highest BCUT2D eigenvalue weighted by Gasteiger charge is 2.16. The number of hydrogen-bond donors (Lipinski definition) is 1. The Labute approximate surface area is 118 Å². The van der Waals surface area contributed by atoms with E-state index in [1.807, 2.05) is 0 Å². The molecular weight excluding hydrogens is 288 g/mol. The van der Waals surface area contributed by atoms with Crippen molar-refractivity contribution in [2.24, 2.45) is 0 Å². The Morgan fingerprint density at radius 1 is 1.10 bits per heavy atom. The van der Waals surface area contributed by atoms with Crippen LogP contribution in [0.1, 0.15) is 0 Å². The van der Waals surface area contributed by atoms with E-state index >= 15 is 0 Å². The first kappa shape index (κ1) is 15.0. The summed E-state index contributed by atoms with van der Waals surface area (Å²) in [6, 6.07) is 7.40. The molecule has 112 valence electrons. The van der Waals surface area contributed by atoms with Crippen LogP contribution in [0.2, 0.25) is 0 Å². The second-order valence-corrected chi connectivity index (χ2v) is 4.26. The highest BCUT2D eigenvalue weighted by Crippen LogP contribution is 2.34. The number of benzene rings is 2. The Hall–Kier alpha value is -2.44. The summed E-state index contributed by atoms with van der Waals surface area (Å²) in [5, 5.41) is 0. The molecule has 0 aromatic heterocycles. The number of ether oxygens (including phenoxy) is 1. The van der Waals surface area contributed by atoms with E-state index in [2.05, 4.69) is 4.74 Å². The van der Waals surface area contributed by atoms with Gasteiger partial charge in [0.15, 0.2) is 11.6 Å². The number of rotatable bonds is 4. The molecule has 0 aliphatic heterocycles. The van der Waals surface area contributed by atoms with E-state index in [0.29, 0.717) is 5.69 Å². The first-order valence-electron chi connectivity index (χ1n) is 5.91. The van der Waals surface area contributed by atoms with E-state index in [4.69, 9.17) is 5.73 Å². The van der Waals surface area contributed by atoms with Crippen molar-refractivity contribution in [3.63, 3.8) is 0 Å². The van der Waals surface area contributed by atoms with Crippen molar-refractivity contribution >= 4 is 17.1 Å². The van der Waals surface area contributed by atoms with Crippen LogP contribution in [0.5, 0.6) is 5.75 Å². The molecule has 0 bridgehead atoms. The number of anilines is 3. The minimum atomic E-state index is -3.15. The lowest BCUT2D eigenvalue weighted by molar-refractivity contribution is -0.0521. The maximum absolute atomic E-state index is 13.5. The second kappa shape index (κ2) is 5.90. The third kappa shape index (κ3) is 3.36. The van der Waals surface area contributed by atoms with Gasteiger partial charge in [0, 0.05) is 24.9 Å². The fraction of sp³-hybridized carbons (Fsp3) is 0.143. The van der Waals surface area contributed by atoms with Crippen LogP contribution in [0.3, 0.4) is 0 Å². The Kier molecular flexibility index (Phi) is 4.21. The highest BCUT2D eigenvalue weighted by molar-refractivity contribution is 5.76. The number of alkyl halides is 2. The van der Waals surface area contributed by atoms with Crippen LogP contribution in [0.15, 0.2) is 36.4 Å². The maximum Gasteiger partial charge on any atom is 0.387 e. The molecule has 0 aliphatic rings. The summed E-state index contributed by atoms with van der Waals surface area (Å²) in [4.78, 5) is 1.51.